The zero-order valence-electron chi connectivity index (χ0n) is 9.26. The molecule has 1 saturated heterocycles. The van der Waals surface area contributed by atoms with Crippen LogP contribution in [-0.4, -0.2) is 29.4 Å². The van der Waals surface area contributed by atoms with Crippen LogP contribution in [0.3, 0.4) is 0 Å². The number of rotatable bonds is 4. The molecule has 1 unspecified atom stereocenters. The van der Waals surface area contributed by atoms with Crippen molar-refractivity contribution in [2.24, 2.45) is 0 Å². The average molecular weight is 223 g/mol. The largest absolute Gasteiger partial charge is 0.461 e. The van der Waals surface area contributed by atoms with Crippen LogP contribution >= 0.6 is 0 Å². The first-order valence-electron chi connectivity index (χ1n) is 5.74. The fourth-order valence-electron chi connectivity index (χ4n) is 2.04. The lowest BCUT2D eigenvalue weighted by Crippen LogP contribution is -2.28. The number of carbonyl (C=O) groups excluding carboxylic acids is 1. The third kappa shape index (κ3) is 2.71. The van der Waals surface area contributed by atoms with Gasteiger partial charge in [0.1, 0.15) is 11.5 Å². The molecule has 4 heteroatoms. The normalized spacial score (nSPS) is 19.6. The molecule has 0 bridgehead atoms. The molecule has 1 fully saturated rings. The van der Waals surface area contributed by atoms with Crippen molar-refractivity contribution in [1.29, 1.82) is 0 Å². The minimum atomic E-state index is -1.13. The molecule has 88 valence electrons. The quantitative estimate of drug-likeness (QED) is 0.786. The van der Waals surface area contributed by atoms with Gasteiger partial charge in [-0.05, 0) is 38.1 Å². The molecule has 0 aliphatic carbocycles. The Hall–Kier alpha value is -1.13. The van der Waals surface area contributed by atoms with Gasteiger partial charge in [0.05, 0.1) is 6.54 Å². The summed E-state index contributed by atoms with van der Waals surface area (Å²) in [6.45, 7) is 2.98. The summed E-state index contributed by atoms with van der Waals surface area (Å²) in [5.74, 6) is 1.15. The Morgan fingerprint density at radius 3 is 2.81 bits per heavy atom. The molecule has 2 rings (SSSR count). The molecule has 0 aromatic carbocycles. The van der Waals surface area contributed by atoms with Gasteiger partial charge in [0.15, 0.2) is 12.4 Å². The summed E-state index contributed by atoms with van der Waals surface area (Å²) in [5.41, 5.74) is 0. The molecule has 0 radical (unpaired) electrons. The zero-order valence-corrected chi connectivity index (χ0v) is 9.26. The molecule has 0 amide bonds. The highest BCUT2D eigenvalue weighted by atomic mass is 16.4. The van der Waals surface area contributed by atoms with E-state index in [1.807, 2.05) is 6.07 Å². The Kier molecular flexibility index (Phi) is 3.74. The molecule has 16 heavy (non-hydrogen) atoms. The first kappa shape index (κ1) is 11.4. The van der Waals surface area contributed by atoms with Crippen LogP contribution in [0.4, 0.5) is 0 Å². The average Bonchev–Trinajstić information content (AvgIpc) is 2.78. The number of aliphatic hydroxyl groups is 1. The summed E-state index contributed by atoms with van der Waals surface area (Å²) in [4.78, 5) is 12.7. The van der Waals surface area contributed by atoms with E-state index in [2.05, 4.69) is 4.90 Å². The van der Waals surface area contributed by atoms with Gasteiger partial charge >= 0.3 is 0 Å². The van der Waals surface area contributed by atoms with E-state index in [0.717, 1.165) is 25.4 Å². The summed E-state index contributed by atoms with van der Waals surface area (Å²) in [7, 11) is 0. The Labute approximate surface area is 94.9 Å². The molecule has 1 atom stereocenters. The topological polar surface area (TPSA) is 53.7 Å². The predicted octanol–water partition coefficient (Wildman–Crippen LogP) is 1.50. The van der Waals surface area contributed by atoms with Gasteiger partial charge in [0.2, 0.25) is 0 Å². The first-order chi connectivity index (χ1) is 7.79. The SMILES string of the molecule is O=CC(O)c1ccc(CN2CCCCC2)o1. The third-order valence-corrected chi connectivity index (χ3v) is 2.93. The Balaban J connectivity index is 1.93. The van der Waals surface area contributed by atoms with Gasteiger partial charge in [-0.1, -0.05) is 6.42 Å². The Morgan fingerprint density at radius 2 is 2.12 bits per heavy atom. The molecule has 0 spiro atoms. The van der Waals surface area contributed by atoms with Crippen molar-refractivity contribution in [1.82, 2.24) is 4.90 Å². The van der Waals surface area contributed by atoms with Crippen molar-refractivity contribution in [2.75, 3.05) is 13.1 Å². The van der Waals surface area contributed by atoms with Crippen LogP contribution in [0, 0.1) is 0 Å². The van der Waals surface area contributed by atoms with Crippen molar-refractivity contribution in [3.8, 4) is 0 Å². The van der Waals surface area contributed by atoms with Crippen LogP contribution in [0.5, 0.6) is 0 Å². The maximum Gasteiger partial charge on any atom is 0.167 e. The van der Waals surface area contributed by atoms with E-state index in [1.54, 1.807) is 6.07 Å². The molecule has 1 aromatic heterocycles. The number of nitrogens with zero attached hydrogens (tertiary/aromatic N) is 1. The number of carbonyl (C=O) groups is 1. The second-order valence-electron chi connectivity index (χ2n) is 4.22. The van der Waals surface area contributed by atoms with Gasteiger partial charge in [0, 0.05) is 0 Å². The van der Waals surface area contributed by atoms with E-state index in [4.69, 9.17) is 4.42 Å². The third-order valence-electron chi connectivity index (χ3n) is 2.93. The standard InChI is InChI=1S/C12H17NO3/c14-9-11(15)12-5-4-10(16-12)8-13-6-2-1-3-7-13/h4-5,9,11,15H,1-3,6-8H2. The number of hydrogen-bond acceptors (Lipinski definition) is 4. The van der Waals surface area contributed by atoms with Crippen LogP contribution in [-0.2, 0) is 11.3 Å². The van der Waals surface area contributed by atoms with Gasteiger partial charge in [-0.25, -0.2) is 0 Å². The molecule has 4 nitrogen and oxygen atoms in total. The van der Waals surface area contributed by atoms with Gasteiger partial charge in [-0.2, -0.15) is 0 Å². The molecular weight excluding hydrogens is 206 g/mol. The van der Waals surface area contributed by atoms with E-state index >= 15 is 0 Å². The second-order valence-corrected chi connectivity index (χ2v) is 4.22. The fourth-order valence-corrected chi connectivity index (χ4v) is 2.04. The monoisotopic (exact) mass is 223 g/mol. The predicted molar refractivity (Wildman–Crippen MR) is 58.9 cm³/mol. The minimum absolute atomic E-state index is 0.335. The second kappa shape index (κ2) is 5.27. The van der Waals surface area contributed by atoms with Crippen molar-refractivity contribution in [3.05, 3.63) is 23.7 Å². The molecule has 1 aliphatic rings. The summed E-state index contributed by atoms with van der Waals surface area (Å²) >= 11 is 0. The Morgan fingerprint density at radius 1 is 1.38 bits per heavy atom. The Bertz CT molecular complexity index is 342. The van der Waals surface area contributed by atoms with E-state index in [9.17, 15) is 9.90 Å². The lowest BCUT2D eigenvalue weighted by Gasteiger charge is -2.25. The maximum absolute atomic E-state index is 10.4. The van der Waals surface area contributed by atoms with Crippen LogP contribution in [0.15, 0.2) is 16.5 Å². The number of furan rings is 1. The van der Waals surface area contributed by atoms with Crippen LogP contribution in [0.1, 0.15) is 36.9 Å². The molecule has 1 aliphatic heterocycles. The van der Waals surface area contributed by atoms with Crippen LogP contribution < -0.4 is 0 Å². The summed E-state index contributed by atoms with van der Waals surface area (Å²) in [5, 5.41) is 9.27. The fraction of sp³-hybridized carbons (Fsp3) is 0.583. The van der Waals surface area contributed by atoms with E-state index in [-0.39, 0.29) is 0 Å². The lowest BCUT2D eigenvalue weighted by molar-refractivity contribution is -0.115. The van der Waals surface area contributed by atoms with E-state index in [1.165, 1.54) is 19.3 Å². The number of aliphatic hydroxyl groups excluding tert-OH is 1. The number of piperidine rings is 1. The summed E-state index contributed by atoms with van der Waals surface area (Å²) in [6.07, 6.45) is 3.14. The molecule has 2 heterocycles. The van der Waals surface area contributed by atoms with Crippen molar-refractivity contribution >= 4 is 6.29 Å². The highest BCUT2D eigenvalue weighted by molar-refractivity contribution is 5.57. The minimum Gasteiger partial charge on any atom is -0.461 e. The highest BCUT2D eigenvalue weighted by Gasteiger charge is 2.14. The van der Waals surface area contributed by atoms with Crippen molar-refractivity contribution in [3.63, 3.8) is 0 Å². The van der Waals surface area contributed by atoms with E-state index in [0.29, 0.717) is 12.0 Å². The van der Waals surface area contributed by atoms with Gasteiger partial charge in [0.25, 0.3) is 0 Å². The molecule has 0 saturated carbocycles. The first-order valence-corrected chi connectivity index (χ1v) is 5.74. The summed E-state index contributed by atoms with van der Waals surface area (Å²) in [6, 6.07) is 3.50. The smallest absolute Gasteiger partial charge is 0.167 e. The van der Waals surface area contributed by atoms with Gasteiger partial charge < -0.3 is 9.52 Å². The van der Waals surface area contributed by atoms with Crippen LogP contribution in [0.2, 0.25) is 0 Å². The van der Waals surface area contributed by atoms with Crippen molar-refractivity contribution in [2.45, 2.75) is 31.9 Å². The van der Waals surface area contributed by atoms with Crippen molar-refractivity contribution < 1.29 is 14.3 Å². The summed E-state index contributed by atoms with van der Waals surface area (Å²) < 4.78 is 5.42. The highest BCUT2D eigenvalue weighted by Crippen LogP contribution is 2.18. The molecular formula is C12H17NO3. The number of likely N-dealkylation sites (tertiary alicyclic amines) is 1. The zero-order chi connectivity index (χ0) is 11.4. The van der Waals surface area contributed by atoms with Gasteiger partial charge in [-0.15, -0.1) is 0 Å². The lowest BCUT2D eigenvalue weighted by atomic mass is 10.1. The maximum atomic E-state index is 10.4. The molecule has 1 aromatic rings. The number of aldehydes is 1. The van der Waals surface area contributed by atoms with Gasteiger partial charge in [-0.3, -0.25) is 9.69 Å². The van der Waals surface area contributed by atoms with Crippen LogP contribution in [0.25, 0.3) is 0 Å². The number of hydrogen-bond donors (Lipinski definition) is 1. The molecule has 1 N–H and O–H groups in total. The van der Waals surface area contributed by atoms with E-state index < -0.39 is 6.10 Å².